The van der Waals surface area contributed by atoms with Gasteiger partial charge in [0.05, 0.1) is 25.4 Å². The first kappa shape index (κ1) is 78.6. The highest BCUT2D eigenvalue weighted by molar-refractivity contribution is 5.76. The van der Waals surface area contributed by atoms with Crippen LogP contribution in [0.2, 0.25) is 0 Å². The molecule has 2 unspecified atom stereocenters. The van der Waals surface area contributed by atoms with Gasteiger partial charge in [-0.1, -0.05) is 373 Å². The molecule has 0 saturated heterocycles. The summed E-state index contributed by atoms with van der Waals surface area (Å²) in [6, 6.07) is -0.539. The summed E-state index contributed by atoms with van der Waals surface area (Å²) in [6.07, 6.45) is 87.1. The van der Waals surface area contributed by atoms with E-state index in [1.54, 1.807) is 0 Å². The van der Waals surface area contributed by atoms with Crippen LogP contribution in [-0.2, 0) is 14.3 Å². The Morgan fingerprint density at radius 2 is 0.588 bits per heavy atom. The van der Waals surface area contributed by atoms with Crippen molar-refractivity contribution in [3.63, 3.8) is 0 Å². The molecule has 2 atom stereocenters. The number of hydrogen-bond donors (Lipinski definition) is 3. The van der Waals surface area contributed by atoms with E-state index in [9.17, 15) is 19.8 Å². The average Bonchev–Trinajstić information content (AvgIpc) is 3.46. The van der Waals surface area contributed by atoms with Gasteiger partial charge >= 0.3 is 5.97 Å². The summed E-state index contributed by atoms with van der Waals surface area (Å²) < 4.78 is 5.48. The molecule has 3 N–H and O–H groups in total. The first-order valence-electron chi connectivity index (χ1n) is 36.9. The fourth-order valence-electron chi connectivity index (χ4n) is 11.9. The fraction of sp³-hybridized carbons (Fsp3) is 0.946. The molecule has 476 valence electrons. The summed E-state index contributed by atoms with van der Waals surface area (Å²) in [5.74, 6) is -0.0149. The summed E-state index contributed by atoms with van der Waals surface area (Å²) in [4.78, 5) is 24.6. The highest BCUT2D eigenvalue weighted by atomic mass is 16.5. The molecular weight excluding hydrogens is 983 g/mol. The molecule has 0 aliphatic carbocycles. The number of unbranched alkanes of at least 4 members (excludes halogenated alkanes) is 57. The van der Waals surface area contributed by atoms with E-state index in [2.05, 4.69) is 31.3 Å². The number of hydrogen-bond acceptors (Lipinski definition) is 5. The molecule has 0 spiro atoms. The number of ether oxygens (including phenoxy) is 1. The van der Waals surface area contributed by atoms with Crippen molar-refractivity contribution in [3.05, 3.63) is 12.2 Å². The summed E-state index contributed by atoms with van der Waals surface area (Å²) in [5.41, 5.74) is 0. The number of carbonyl (C=O) groups is 2. The van der Waals surface area contributed by atoms with Crippen LogP contribution in [-0.4, -0.2) is 47.4 Å². The molecule has 80 heavy (non-hydrogen) atoms. The van der Waals surface area contributed by atoms with Crippen molar-refractivity contribution in [1.29, 1.82) is 0 Å². The number of amides is 1. The topological polar surface area (TPSA) is 95.9 Å². The molecule has 0 aromatic carbocycles. The van der Waals surface area contributed by atoms with Crippen LogP contribution in [0.1, 0.15) is 425 Å². The van der Waals surface area contributed by atoms with Gasteiger partial charge in [-0.2, -0.15) is 0 Å². The van der Waals surface area contributed by atoms with Gasteiger partial charge in [-0.3, -0.25) is 9.59 Å². The van der Waals surface area contributed by atoms with Gasteiger partial charge in [0, 0.05) is 12.8 Å². The third kappa shape index (κ3) is 65.7. The second kappa shape index (κ2) is 70.1. The van der Waals surface area contributed by atoms with Gasteiger partial charge in [-0.05, 0) is 51.4 Å². The molecule has 6 nitrogen and oxygen atoms in total. The Morgan fingerprint density at radius 1 is 0.338 bits per heavy atom. The number of nitrogens with one attached hydrogen (secondary N) is 1. The lowest BCUT2D eigenvalue weighted by atomic mass is 10.0. The Balaban J connectivity index is 3.33. The molecule has 1 amide bonds. The Bertz CT molecular complexity index is 1210. The zero-order valence-corrected chi connectivity index (χ0v) is 54.6. The van der Waals surface area contributed by atoms with Gasteiger partial charge in [-0.25, -0.2) is 0 Å². The lowest BCUT2D eigenvalue weighted by Gasteiger charge is -2.22. The van der Waals surface area contributed by atoms with E-state index >= 15 is 0 Å². The van der Waals surface area contributed by atoms with E-state index in [-0.39, 0.29) is 18.5 Å². The van der Waals surface area contributed by atoms with Crippen molar-refractivity contribution in [2.75, 3.05) is 13.2 Å². The molecule has 0 aliphatic heterocycles. The number of aliphatic hydroxyl groups excluding tert-OH is 2. The van der Waals surface area contributed by atoms with Crippen LogP contribution in [0.15, 0.2) is 12.2 Å². The molecular formula is C74H145NO5. The van der Waals surface area contributed by atoms with Crippen LogP contribution in [0, 0.1) is 0 Å². The van der Waals surface area contributed by atoms with Gasteiger partial charge in [0.1, 0.15) is 0 Å². The molecule has 0 heterocycles. The lowest BCUT2D eigenvalue weighted by Crippen LogP contribution is -2.45. The highest BCUT2D eigenvalue weighted by Gasteiger charge is 2.20. The number of esters is 1. The van der Waals surface area contributed by atoms with Gasteiger partial charge in [0.15, 0.2) is 0 Å². The van der Waals surface area contributed by atoms with E-state index in [4.69, 9.17) is 4.74 Å². The maximum absolute atomic E-state index is 12.6. The monoisotopic (exact) mass is 1130 g/mol. The van der Waals surface area contributed by atoms with Gasteiger partial charge < -0.3 is 20.3 Å². The van der Waals surface area contributed by atoms with Crippen molar-refractivity contribution < 1.29 is 24.5 Å². The summed E-state index contributed by atoms with van der Waals surface area (Å²) in [5, 5.41) is 23.4. The Kier molecular flexibility index (Phi) is 68.9. The van der Waals surface area contributed by atoms with Crippen LogP contribution < -0.4 is 5.32 Å². The van der Waals surface area contributed by atoms with Gasteiger partial charge in [0.25, 0.3) is 0 Å². The summed E-state index contributed by atoms with van der Waals surface area (Å²) in [7, 11) is 0. The first-order chi connectivity index (χ1) is 39.5. The summed E-state index contributed by atoms with van der Waals surface area (Å²) in [6.45, 7) is 4.98. The lowest BCUT2D eigenvalue weighted by molar-refractivity contribution is -0.143. The zero-order valence-electron chi connectivity index (χ0n) is 54.6. The Labute approximate surface area is 501 Å². The number of rotatable bonds is 70. The number of carbonyl (C=O) groups excluding carboxylic acids is 2. The van der Waals surface area contributed by atoms with Gasteiger partial charge in [0.2, 0.25) is 5.91 Å². The minimum Gasteiger partial charge on any atom is -0.466 e. The molecule has 0 saturated carbocycles. The SMILES string of the molecule is CCCCC/C=C\CCCCCCCC(=O)OCCCCCCCCCCCCCCCCCCCCCCCCCCCCCCCCC(=O)NC(CO)C(O)CCCCCCCCCCCCCCCCCCCCCCC. The highest BCUT2D eigenvalue weighted by Crippen LogP contribution is 2.20. The predicted octanol–water partition coefficient (Wildman–Crippen LogP) is 23.9. The quantitative estimate of drug-likeness (QED) is 0.0320. The number of allylic oxidation sites excluding steroid dienone is 2. The maximum Gasteiger partial charge on any atom is 0.305 e. The minimum absolute atomic E-state index is 0.0110. The zero-order chi connectivity index (χ0) is 57.8. The van der Waals surface area contributed by atoms with Crippen LogP contribution in [0.4, 0.5) is 0 Å². The summed E-state index contributed by atoms with van der Waals surface area (Å²) >= 11 is 0. The van der Waals surface area contributed by atoms with E-state index in [1.807, 2.05) is 0 Å². The van der Waals surface area contributed by atoms with Crippen molar-refractivity contribution >= 4 is 11.9 Å². The molecule has 0 aromatic rings. The molecule has 0 fully saturated rings. The van der Waals surface area contributed by atoms with E-state index in [0.29, 0.717) is 25.9 Å². The Morgan fingerprint density at radius 3 is 0.912 bits per heavy atom. The van der Waals surface area contributed by atoms with Crippen LogP contribution in [0.5, 0.6) is 0 Å². The van der Waals surface area contributed by atoms with Crippen molar-refractivity contribution in [3.8, 4) is 0 Å². The molecule has 0 rings (SSSR count). The predicted molar refractivity (Wildman–Crippen MR) is 352 cm³/mol. The number of aliphatic hydroxyl groups is 2. The molecule has 0 aromatic heterocycles. The molecule has 6 heteroatoms. The smallest absolute Gasteiger partial charge is 0.305 e. The third-order valence-electron chi connectivity index (χ3n) is 17.6. The second-order valence-corrected chi connectivity index (χ2v) is 25.6. The van der Waals surface area contributed by atoms with E-state index in [0.717, 1.165) is 44.9 Å². The van der Waals surface area contributed by atoms with E-state index in [1.165, 1.54) is 347 Å². The van der Waals surface area contributed by atoms with E-state index < -0.39 is 12.1 Å². The largest absolute Gasteiger partial charge is 0.466 e. The Hall–Kier alpha value is -1.40. The molecule has 0 aliphatic rings. The van der Waals surface area contributed by atoms with Gasteiger partial charge in [-0.15, -0.1) is 0 Å². The first-order valence-corrected chi connectivity index (χ1v) is 36.9. The van der Waals surface area contributed by atoms with Crippen molar-refractivity contribution in [2.45, 2.75) is 437 Å². The van der Waals surface area contributed by atoms with Crippen LogP contribution in [0.25, 0.3) is 0 Å². The standard InChI is InChI=1S/C74H145NO5/c1-3-5-7-9-11-13-15-17-18-19-20-31-34-37-40-43-46-50-54-58-62-66-72(77)71(70-76)75-73(78)67-63-59-55-51-47-44-41-38-35-32-29-27-25-23-21-22-24-26-28-30-33-36-39-42-45-49-53-57-61-65-69-80-74(79)68-64-60-56-52-48-16-14-12-10-8-6-4-2/h12,14,71-72,76-77H,3-11,13,15-70H2,1-2H3,(H,75,78)/b14-12-. The molecule has 0 radical (unpaired) electrons. The maximum atomic E-state index is 12.6. The van der Waals surface area contributed by atoms with Crippen molar-refractivity contribution in [2.24, 2.45) is 0 Å². The normalized spacial score (nSPS) is 12.5. The second-order valence-electron chi connectivity index (χ2n) is 25.6. The molecule has 0 bridgehead atoms. The third-order valence-corrected chi connectivity index (χ3v) is 17.6. The van der Waals surface area contributed by atoms with Crippen LogP contribution in [0.3, 0.4) is 0 Å². The fourth-order valence-corrected chi connectivity index (χ4v) is 11.9. The van der Waals surface area contributed by atoms with Crippen molar-refractivity contribution in [1.82, 2.24) is 5.32 Å². The average molecular weight is 1130 g/mol. The van der Waals surface area contributed by atoms with Crippen LogP contribution >= 0.6 is 0 Å². The minimum atomic E-state index is -0.662.